The van der Waals surface area contributed by atoms with Gasteiger partial charge in [0, 0.05) is 0 Å². The van der Waals surface area contributed by atoms with Gasteiger partial charge in [-0.2, -0.15) is 0 Å². The van der Waals surface area contributed by atoms with E-state index in [1.807, 2.05) is 13.8 Å². The molecule has 0 radical (unpaired) electrons. The minimum Gasteiger partial charge on any atom is -0.450 e. The van der Waals surface area contributed by atoms with Crippen LogP contribution in [0, 0.1) is 17.8 Å². The van der Waals surface area contributed by atoms with E-state index in [9.17, 15) is 40.3 Å². The summed E-state index contributed by atoms with van der Waals surface area (Å²) >= 11 is 0. The molecule has 1 unspecified atom stereocenters. The second kappa shape index (κ2) is 18.2. The molecule has 1 aromatic rings. The number of ether oxygens (including phenoxy) is 6. The lowest BCUT2D eigenvalue weighted by atomic mass is 9.79. The normalized spacial score (nSPS) is 39.9. The highest BCUT2D eigenvalue weighted by Crippen LogP contribution is 2.39. The summed E-state index contributed by atoms with van der Waals surface area (Å²) in [4.78, 5) is 26.5. The van der Waals surface area contributed by atoms with Crippen LogP contribution in [0.5, 0.6) is 0 Å². The predicted molar refractivity (Wildman–Crippen MR) is 177 cm³/mol. The first kappa shape index (κ1) is 39.9. The lowest BCUT2D eigenvalue weighted by molar-refractivity contribution is -0.349. The van der Waals surface area contributed by atoms with Crippen molar-refractivity contribution in [2.24, 2.45) is 17.8 Å². The van der Waals surface area contributed by atoms with Crippen LogP contribution >= 0.6 is 0 Å². The summed E-state index contributed by atoms with van der Waals surface area (Å²) in [6.07, 6.45) is -10.4. The van der Waals surface area contributed by atoms with Crippen LogP contribution in [0.25, 0.3) is 0 Å². The third-order valence-electron chi connectivity index (χ3n) is 10.8. The van der Waals surface area contributed by atoms with E-state index in [1.54, 1.807) is 42.7 Å². The molecule has 7 N–H and O–H groups in total. The van der Waals surface area contributed by atoms with Crippen molar-refractivity contribution in [1.29, 1.82) is 0 Å². The average Bonchev–Trinajstić information content (AvgIpc) is 3.13. The Morgan fingerprint density at radius 3 is 2.22 bits per heavy atom. The highest BCUT2D eigenvalue weighted by Gasteiger charge is 2.53. The molecule has 2 heterocycles. The summed E-state index contributed by atoms with van der Waals surface area (Å²) in [5.41, 5.74) is 1.86. The van der Waals surface area contributed by atoms with Gasteiger partial charge in [0.15, 0.2) is 18.7 Å². The molecule has 4 aliphatic rings. The Balaban J connectivity index is 1.45. The Labute approximate surface area is 298 Å². The van der Waals surface area contributed by atoms with Crippen molar-refractivity contribution in [2.75, 3.05) is 6.61 Å². The SMILES string of the molecule is C[C@@H]1C[C@H](C)[C@H](OC2O[C@@H](C)[C@@H](O)[C@@H](O)[C@@H]2O)[C@H](O[C@@H]2O[C@H](CO)[C@H](O)[C@H](O[C@@H](CC3CCCCC3)C(=O)NO)[C@H]2OC(=O)c2ccccc2)C1. The Morgan fingerprint density at radius 2 is 1.55 bits per heavy atom. The second-order valence-electron chi connectivity index (χ2n) is 14.8. The zero-order valence-corrected chi connectivity index (χ0v) is 29.4. The van der Waals surface area contributed by atoms with Crippen molar-refractivity contribution < 1.29 is 68.8 Å². The van der Waals surface area contributed by atoms with Crippen molar-refractivity contribution in [3.05, 3.63) is 35.9 Å². The molecule has 2 aliphatic heterocycles. The number of aliphatic hydroxyl groups is 5. The maximum Gasteiger partial charge on any atom is 0.338 e. The van der Waals surface area contributed by atoms with Crippen LogP contribution in [0.1, 0.15) is 82.5 Å². The number of carbonyl (C=O) groups excluding carboxylic acids is 2. The fourth-order valence-electron chi connectivity index (χ4n) is 7.98. The van der Waals surface area contributed by atoms with Gasteiger partial charge in [-0.1, -0.05) is 64.2 Å². The number of hydrogen-bond acceptors (Lipinski definition) is 14. The Morgan fingerprint density at radius 1 is 0.843 bits per heavy atom. The van der Waals surface area contributed by atoms with E-state index < -0.39 is 98.2 Å². The Hall–Kier alpha value is -2.28. The summed E-state index contributed by atoms with van der Waals surface area (Å²) in [7, 11) is 0. The first-order valence-electron chi connectivity index (χ1n) is 18.2. The van der Waals surface area contributed by atoms with Crippen LogP contribution in [0.4, 0.5) is 0 Å². The fourth-order valence-corrected chi connectivity index (χ4v) is 7.98. The van der Waals surface area contributed by atoms with Crippen LogP contribution in [-0.2, 0) is 33.2 Å². The standard InChI is InChI=1S/C36H55NO14/c1-18-14-19(2)30(51-35-29(42)28(41)26(39)20(3)46-35)23(15-18)48-36-32(50-34(44)22-12-8-5-9-13-22)31(27(40)25(17-38)49-36)47-24(33(43)37-45)16-21-10-6-4-7-11-21/h5,8-9,12-13,18-21,23-32,35-36,38-42,45H,4,6-7,10-11,14-17H2,1-3H3,(H,37,43)/t18-,19+,20+,23-,24+,25-,26-,27+,28-,29+,30+,31+,32-,35?,36-/m1/s1. The number of carbonyl (C=O) groups is 2. The molecule has 1 amide bonds. The van der Waals surface area contributed by atoms with E-state index in [1.165, 1.54) is 0 Å². The van der Waals surface area contributed by atoms with Gasteiger partial charge in [0.25, 0.3) is 5.91 Å². The van der Waals surface area contributed by atoms with Gasteiger partial charge in [0.05, 0.1) is 30.5 Å². The third kappa shape index (κ3) is 9.64. The molecular weight excluding hydrogens is 670 g/mol. The van der Waals surface area contributed by atoms with Gasteiger partial charge < -0.3 is 54.0 Å². The molecule has 15 nitrogen and oxygen atoms in total. The first-order chi connectivity index (χ1) is 24.4. The van der Waals surface area contributed by atoms with Gasteiger partial charge in [0.1, 0.15) is 42.7 Å². The van der Waals surface area contributed by atoms with E-state index in [0.29, 0.717) is 6.42 Å². The maximum absolute atomic E-state index is 13.5. The maximum atomic E-state index is 13.5. The summed E-state index contributed by atoms with van der Waals surface area (Å²) in [5, 5.41) is 62.9. The van der Waals surface area contributed by atoms with E-state index in [4.69, 9.17) is 28.4 Å². The van der Waals surface area contributed by atoms with Gasteiger partial charge in [0.2, 0.25) is 0 Å². The molecule has 51 heavy (non-hydrogen) atoms. The highest BCUT2D eigenvalue weighted by atomic mass is 16.7. The Bertz CT molecular complexity index is 1250. The summed E-state index contributed by atoms with van der Waals surface area (Å²) in [6.45, 7) is 4.85. The van der Waals surface area contributed by atoms with E-state index in [0.717, 1.165) is 38.5 Å². The highest BCUT2D eigenvalue weighted by molar-refractivity contribution is 5.89. The predicted octanol–water partition coefficient (Wildman–Crippen LogP) is 1.18. The largest absolute Gasteiger partial charge is 0.450 e. The van der Waals surface area contributed by atoms with Crippen LogP contribution in [0.15, 0.2) is 30.3 Å². The van der Waals surface area contributed by atoms with Crippen molar-refractivity contribution in [3.63, 3.8) is 0 Å². The third-order valence-corrected chi connectivity index (χ3v) is 10.8. The quantitative estimate of drug-likeness (QED) is 0.0914. The van der Waals surface area contributed by atoms with Gasteiger partial charge in [-0.05, 0) is 56.1 Å². The van der Waals surface area contributed by atoms with E-state index in [-0.39, 0.29) is 29.7 Å². The Kier molecular flexibility index (Phi) is 14.2. The minimum atomic E-state index is -1.58. The molecule has 0 bridgehead atoms. The van der Waals surface area contributed by atoms with Crippen LogP contribution in [0.3, 0.4) is 0 Å². The number of nitrogens with one attached hydrogen (secondary N) is 1. The molecule has 5 rings (SSSR count). The zero-order valence-electron chi connectivity index (χ0n) is 29.4. The topological polar surface area (TPSA) is 223 Å². The fraction of sp³-hybridized carbons (Fsp3) is 0.778. The van der Waals surface area contributed by atoms with E-state index >= 15 is 0 Å². The van der Waals surface area contributed by atoms with Gasteiger partial charge in [-0.3, -0.25) is 10.0 Å². The number of hydroxylamine groups is 1. The van der Waals surface area contributed by atoms with Gasteiger partial charge in [-0.25, -0.2) is 10.3 Å². The molecule has 15 atom stereocenters. The number of amides is 1. The molecule has 2 saturated carbocycles. The van der Waals surface area contributed by atoms with Crippen LogP contribution in [0.2, 0.25) is 0 Å². The van der Waals surface area contributed by atoms with Crippen LogP contribution < -0.4 is 5.48 Å². The van der Waals surface area contributed by atoms with Gasteiger partial charge >= 0.3 is 5.97 Å². The molecular formula is C36H55NO14. The van der Waals surface area contributed by atoms with Crippen molar-refractivity contribution in [3.8, 4) is 0 Å². The number of benzene rings is 1. The van der Waals surface area contributed by atoms with Crippen molar-refractivity contribution in [1.82, 2.24) is 5.48 Å². The van der Waals surface area contributed by atoms with Crippen molar-refractivity contribution >= 4 is 11.9 Å². The molecule has 15 heteroatoms. The van der Waals surface area contributed by atoms with Crippen LogP contribution in [-0.4, -0.2) is 129 Å². The molecule has 2 saturated heterocycles. The minimum absolute atomic E-state index is 0.117. The molecule has 0 aromatic heterocycles. The molecule has 4 fully saturated rings. The molecule has 1 aromatic carbocycles. The summed E-state index contributed by atoms with van der Waals surface area (Å²) in [6, 6.07) is 8.14. The number of rotatable bonds is 12. The monoisotopic (exact) mass is 725 g/mol. The number of esters is 1. The summed E-state index contributed by atoms with van der Waals surface area (Å²) in [5.74, 6) is -1.54. The molecule has 0 spiro atoms. The second-order valence-corrected chi connectivity index (χ2v) is 14.8. The first-order valence-corrected chi connectivity index (χ1v) is 18.2. The zero-order chi connectivity index (χ0) is 36.8. The number of aliphatic hydroxyl groups excluding tert-OH is 5. The lowest BCUT2D eigenvalue weighted by Gasteiger charge is -2.48. The van der Waals surface area contributed by atoms with Crippen molar-refractivity contribution in [2.45, 2.75) is 152 Å². The van der Waals surface area contributed by atoms with Gasteiger partial charge in [-0.15, -0.1) is 0 Å². The van der Waals surface area contributed by atoms with E-state index in [2.05, 4.69) is 0 Å². The average molecular weight is 726 g/mol. The lowest BCUT2D eigenvalue weighted by Crippen LogP contribution is -2.64. The molecule has 2 aliphatic carbocycles. The number of hydrogen-bond donors (Lipinski definition) is 7. The summed E-state index contributed by atoms with van der Waals surface area (Å²) < 4.78 is 37.0. The smallest absolute Gasteiger partial charge is 0.338 e. The molecule has 288 valence electrons.